The summed E-state index contributed by atoms with van der Waals surface area (Å²) in [7, 11) is 0. The van der Waals surface area contributed by atoms with Gasteiger partial charge >= 0.3 is 0 Å². The first kappa shape index (κ1) is 16.1. The number of amides is 1. The molecule has 0 aromatic rings. The number of rotatable bonds is 2. The Labute approximate surface area is 140 Å². The highest BCUT2D eigenvalue weighted by molar-refractivity contribution is 8.38. The number of carbonyl (C=O) groups is 1. The molecule has 1 aliphatic heterocycles. The van der Waals surface area contributed by atoms with Crippen molar-refractivity contribution in [2.75, 3.05) is 24.8 Å². The maximum absolute atomic E-state index is 12.6. The molecule has 0 N–H and O–H groups in total. The van der Waals surface area contributed by atoms with Gasteiger partial charge in [-0.3, -0.25) is 14.1 Å². The predicted molar refractivity (Wildman–Crippen MR) is 96.0 cm³/mol. The van der Waals surface area contributed by atoms with Gasteiger partial charge in [0.05, 0.1) is 6.04 Å². The first-order chi connectivity index (χ1) is 9.96. The molecule has 2 aliphatic carbocycles. The topological polar surface area (TPSA) is 32.7 Å². The van der Waals surface area contributed by atoms with Gasteiger partial charge in [0.1, 0.15) is 10.9 Å². The summed E-state index contributed by atoms with van der Waals surface area (Å²) in [5, 5.41) is 0. The third-order valence-corrected chi connectivity index (χ3v) is 9.41. The predicted octanol–water partition coefficient (Wildman–Crippen LogP) is 3.75. The zero-order valence-electron chi connectivity index (χ0n) is 13.2. The lowest BCUT2D eigenvalue weighted by molar-refractivity contribution is -0.127. The maximum atomic E-state index is 12.6. The molecule has 0 aromatic heterocycles. The van der Waals surface area contributed by atoms with Crippen molar-refractivity contribution in [3.05, 3.63) is 0 Å². The van der Waals surface area contributed by atoms with Gasteiger partial charge in [0, 0.05) is 11.2 Å². The van der Waals surface area contributed by atoms with E-state index >= 15 is 0 Å². The molecule has 1 spiro atoms. The van der Waals surface area contributed by atoms with Crippen molar-refractivity contribution in [2.45, 2.75) is 39.2 Å². The number of carbonyl (C=O) groups excluding carboxylic acids is 1. The van der Waals surface area contributed by atoms with Crippen LogP contribution in [0.3, 0.4) is 0 Å². The van der Waals surface area contributed by atoms with Crippen molar-refractivity contribution >= 4 is 45.8 Å². The summed E-state index contributed by atoms with van der Waals surface area (Å²) in [6, 6.07) is 0.450. The molecular weight excluding hydrogens is 320 g/mol. The van der Waals surface area contributed by atoms with Crippen LogP contribution in [-0.4, -0.2) is 45.4 Å². The molecule has 3 atom stereocenters. The van der Waals surface area contributed by atoms with Gasteiger partial charge in [-0.2, -0.15) is 0 Å². The van der Waals surface area contributed by atoms with Crippen LogP contribution >= 0.6 is 35.5 Å². The first-order valence-corrected chi connectivity index (χ1v) is 10.9. The van der Waals surface area contributed by atoms with Crippen LogP contribution in [0.4, 0.5) is 0 Å². The second-order valence-corrected chi connectivity index (χ2v) is 9.64. The van der Waals surface area contributed by atoms with Gasteiger partial charge in [-0.25, -0.2) is 0 Å². The Bertz CT molecular complexity index is 474. The lowest BCUT2D eigenvalue weighted by atomic mass is 9.69. The minimum Gasteiger partial charge on any atom is -0.281 e. The number of nitrogens with zero attached hydrogens (tertiary/aromatic N) is 2. The van der Waals surface area contributed by atoms with Crippen LogP contribution in [0.1, 0.15) is 33.1 Å². The summed E-state index contributed by atoms with van der Waals surface area (Å²) < 4.78 is 3.08. The molecule has 1 saturated heterocycles. The van der Waals surface area contributed by atoms with E-state index in [0.29, 0.717) is 23.4 Å². The third kappa shape index (κ3) is 2.27. The summed E-state index contributed by atoms with van der Waals surface area (Å²) in [5.74, 6) is 2.12. The van der Waals surface area contributed by atoms with Crippen molar-refractivity contribution < 1.29 is 4.79 Å². The van der Waals surface area contributed by atoms with E-state index in [1.54, 1.807) is 35.5 Å². The Morgan fingerprint density at radius 1 is 1.38 bits per heavy atom. The average molecular weight is 345 g/mol. The lowest BCUT2D eigenvalue weighted by Crippen LogP contribution is -2.43. The van der Waals surface area contributed by atoms with Gasteiger partial charge in [0.25, 0.3) is 5.91 Å². The van der Waals surface area contributed by atoms with E-state index in [1.165, 1.54) is 19.3 Å². The van der Waals surface area contributed by atoms with Gasteiger partial charge in [-0.15, -0.1) is 23.5 Å². The Morgan fingerprint density at radius 2 is 2.10 bits per heavy atom. The monoisotopic (exact) mass is 344 g/mol. The van der Waals surface area contributed by atoms with Gasteiger partial charge in [-0.1, -0.05) is 13.8 Å². The highest BCUT2D eigenvalue weighted by Crippen LogP contribution is 2.71. The van der Waals surface area contributed by atoms with E-state index in [2.05, 4.69) is 23.1 Å². The van der Waals surface area contributed by atoms with E-state index < -0.39 is 0 Å². The second kappa shape index (κ2) is 5.68. The van der Waals surface area contributed by atoms with Crippen LogP contribution < -0.4 is 0 Å². The number of aliphatic imine (C=N–C) groups is 1. The SMILES string of the molecule is CSC(=NCC(=O)N1SC[C@]23CC[C@@H](C[C@H]12)C3(C)C)SC. The molecule has 3 aliphatic rings. The summed E-state index contributed by atoms with van der Waals surface area (Å²) in [5.41, 5.74) is 0.760. The van der Waals surface area contributed by atoms with Crippen molar-refractivity contribution in [1.82, 2.24) is 4.31 Å². The first-order valence-electron chi connectivity index (χ1n) is 7.53. The highest BCUT2D eigenvalue weighted by Gasteiger charge is 2.68. The fourth-order valence-electron chi connectivity index (χ4n) is 4.63. The zero-order valence-corrected chi connectivity index (χ0v) is 15.7. The molecule has 0 unspecified atom stereocenters. The Kier molecular flexibility index (Phi) is 4.34. The second-order valence-electron chi connectivity index (χ2n) is 6.85. The fourth-order valence-corrected chi connectivity index (χ4v) is 7.44. The van der Waals surface area contributed by atoms with E-state index in [4.69, 9.17) is 0 Å². The number of fused-ring (bicyclic) bond motifs is 1. The van der Waals surface area contributed by atoms with E-state index in [9.17, 15) is 4.79 Å². The smallest absolute Gasteiger partial charge is 0.254 e. The normalized spacial score (nSPS) is 35.9. The Morgan fingerprint density at radius 3 is 2.71 bits per heavy atom. The fraction of sp³-hybridized carbons (Fsp3) is 0.867. The van der Waals surface area contributed by atoms with Crippen LogP contribution in [-0.2, 0) is 4.79 Å². The minimum atomic E-state index is 0.200. The molecule has 0 aromatic carbocycles. The van der Waals surface area contributed by atoms with E-state index in [0.717, 1.165) is 16.0 Å². The Balaban J connectivity index is 1.72. The van der Waals surface area contributed by atoms with Crippen LogP contribution in [0, 0.1) is 16.7 Å². The highest BCUT2D eigenvalue weighted by atomic mass is 32.2. The molecule has 3 nitrogen and oxygen atoms in total. The van der Waals surface area contributed by atoms with E-state index in [1.807, 2.05) is 12.5 Å². The third-order valence-electron chi connectivity index (χ3n) is 6.07. The van der Waals surface area contributed by atoms with Gasteiger partial charge in [0.15, 0.2) is 0 Å². The number of hydrogen-bond acceptors (Lipinski definition) is 5. The minimum absolute atomic E-state index is 0.200. The largest absolute Gasteiger partial charge is 0.281 e. The van der Waals surface area contributed by atoms with Crippen molar-refractivity contribution in [3.8, 4) is 0 Å². The molecule has 118 valence electrons. The van der Waals surface area contributed by atoms with Crippen LogP contribution in [0.15, 0.2) is 4.99 Å². The van der Waals surface area contributed by atoms with Crippen molar-refractivity contribution in [2.24, 2.45) is 21.7 Å². The molecule has 0 radical (unpaired) electrons. The standard InChI is InChI=1S/C15H24N2OS3/c1-14(2)10-5-6-15(14)9-21-17(11(15)7-10)12(18)8-16-13(19-3)20-4/h10-11H,5-9H2,1-4H3/t10-,11-,15+/m0/s1. The van der Waals surface area contributed by atoms with Gasteiger partial charge in [0.2, 0.25) is 0 Å². The molecule has 21 heavy (non-hydrogen) atoms. The molecule has 1 heterocycles. The molecule has 2 bridgehead atoms. The average Bonchev–Trinajstić information content (AvgIpc) is 3.04. The molecule has 1 amide bonds. The van der Waals surface area contributed by atoms with Crippen LogP contribution in [0.5, 0.6) is 0 Å². The van der Waals surface area contributed by atoms with Crippen LogP contribution in [0.2, 0.25) is 0 Å². The van der Waals surface area contributed by atoms with Gasteiger partial charge in [-0.05, 0) is 55.1 Å². The lowest BCUT2D eigenvalue weighted by Gasteiger charge is -2.37. The van der Waals surface area contributed by atoms with Crippen LogP contribution in [0.25, 0.3) is 0 Å². The molecule has 3 fully saturated rings. The van der Waals surface area contributed by atoms with Gasteiger partial charge < -0.3 is 0 Å². The maximum Gasteiger partial charge on any atom is 0.254 e. The Hall–Kier alpha value is 0.190. The molecule has 3 rings (SSSR count). The molecule has 2 saturated carbocycles. The number of hydrogen-bond donors (Lipinski definition) is 0. The molecular formula is C15H24N2OS3. The molecule has 6 heteroatoms. The zero-order chi connectivity index (χ0) is 15.3. The summed E-state index contributed by atoms with van der Waals surface area (Å²) in [6.07, 6.45) is 7.88. The summed E-state index contributed by atoms with van der Waals surface area (Å²) in [4.78, 5) is 17.0. The quantitative estimate of drug-likeness (QED) is 0.434. The summed E-state index contributed by atoms with van der Waals surface area (Å²) in [6.45, 7) is 5.16. The summed E-state index contributed by atoms with van der Waals surface area (Å²) >= 11 is 5.00. The number of thioether (sulfide) groups is 2. The van der Waals surface area contributed by atoms with Crippen molar-refractivity contribution in [1.29, 1.82) is 0 Å². The van der Waals surface area contributed by atoms with Crippen molar-refractivity contribution in [3.63, 3.8) is 0 Å². The van der Waals surface area contributed by atoms with E-state index in [-0.39, 0.29) is 5.91 Å².